The fourth-order valence-corrected chi connectivity index (χ4v) is 2.23. The van der Waals surface area contributed by atoms with Crippen LogP contribution in [0, 0.1) is 6.92 Å². The van der Waals surface area contributed by atoms with E-state index in [0.717, 1.165) is 16.9 Å². The highest BCUT2D eigenvalue weighted by atomic mass is 16.5. The summed E-state index contributed by atoms with van der Waals surface area (Å²) < 4.78 is 5.26. The van der Waals surface area contributed by atoms with E-state index in [2.05, 4.69) is 10.6 Å². The molecule has 1 heterocycles. The Morgan fingerprint density at radius 2 is 2.29 bits per heavy atom. The first-order chi connectivity index (χ1) is 10.0. The zero-order chi connectivity index (χ0) is 15.4. The van der Waals surface area contributed by atoms with Gasteiger partial charge in [0.15, 0.2) is 0 Å². The Kier molecular flexibility index (Phi) is 4.80. The zero-order valence-corrected chi connectivity index (χ0v) is 12.6. The van der Waals surface area contributed by atoms with E-state index in [1.807, 2.05) is 32.0 Å². The van der Waals surface area contributed by atoms with E-state index in [-0.39, 0.29) is 11.9 Å². The van der Waals surface area contributed by atoms with Crippen molar-refractivity contribution in [1.82, 2.24) is 5.32 Å². The molecule has 1 aliphatic rings. The summed E-state index contributed by atoms with van der Waals surface area (Å²) in [4.78, 5) is 25.3. The van der Waals surface area contributed by atoms with Crippen LogP contribution in [-0.2, 0) is 9.53 Å². The molecule has 0 spiro atoms. The molecule has 1 saturated heterocycles. The van der Waals surface area contributed by atoms with Crippen molar-refractivity contribution in [1.29, 1.82) is 0 Å². The van der Waals surface area contributed by atoms with Gasteiger partial charge in [-0.2, -0.15) is 0 Å². The normalized spacial score (nSPS) is 15.8. The summed E-state index contributed by atoms with van der Waals surface area (Å²) in [5.41, 5.74) is 2.47. The number of aryl methyl sites for hydroxylation is 1. The van der Waals surface area contributed by atoms with Gasteiger partial charge in [-0.1, -0.05) is 0 Å². The van der Waals surface area contributed by atoms with Gasteiger partial charge in [-0.05, 0) is 44.5 Å². The van der Waals surface area contributed by atoms with Crippen molar-refractivity contribution >= 4 is 23.3 Å². The average molecular weight is 291 g/mol. The second-order valence-electron chi connectivity index (χ2n) is 4.97. The van der Waals surface area contributed by atoms with Crippen molar-refractivity contribution in [3.05, 3.63) is 23.8 Å². The Labute approximate surface area is 124 Å². The lowest BCUT2D eigenvalue weighted by Gasteiger charge is -2.18. The quantitative estimate of drug-likeness (QED) is 0.870. The van der Waals surface area contributed by atoms with Crippen molar-refractivity contribution in [2.45, 2.75) is 26.9 Å². The lowest BCUT2D eigenvalue weighted by molar-refractivity contribution is -0.126. The second kappa shape index (κ2) is 6.58. The first kappa shape index (κ1) is 15.3. The van der Waals surface area contributed by atoms with E-state index in [9.17, 15) is 9.59 Å². The van der Waals surface area contributed by atoms with Gasteiger partial charge in [-0.15, -0.1) is 0 Å². The molecule has 2 rings (SSSR count). The largest absolute Gasteiger partial charge is 0.369 e. The summed E-state index contributed by atoms with van der Waals surface area (Å²) in [5, 5.41) is 5.60. The molecule has 0 aromatic heterocycles. The van der Waals surface area contributed by atoms with E-state index < -0.39 is 6.10 Å². The SMILES string of the molecule is CCO[C@@H](C)C(=O)Nc1ccc(N2CCNC2=O)cc1C. The van der Waals surface area contributed by atoms with Crippen molar-refractivity contribution in [3.63, 3.8) is 0 Å². The number of rotatable bonds is 5. The minimum absolute atomic E-state index is 0.0869. The highest BCUT2D eigenvalue weighted by Crippen LogP contribution is 2.24. The molecular weight excluding hydrogens is 270 g/mol. The maximum Gasteiger partial charge on any atom is 0.321 e. The summed E-state index contributed by atoms with van der Waals surface area (Å²) in [6, 6.07) is 5.45. The third-order valence-corrected chi connectivity index (χ3v) is 3.42. The van der Waals surface area contributed by atoms with E-state index in [1.165, 1.54) is 0 Å². The van der Waals surface area contributed by atoms with Crippen molar-refractivity contribution in [3.8, 4) is 0 Å². The highest BCUT2D eigenvalue weighted by molar-refractivity contribution is 5.96. The van der Waals surface area contributed by atoms with Crippen LogP contribution in [0.15, 0.2) is 18.2 Å². The summed E-state index contributed by atoms with van der Waals surface area (Å²) >= 11 is 0. The molecule has 2 N–H and O–H groups in total. The van der Waals surface area contributed by atoms with Gasteiger partial charge < -0.3 is 15.4 Å². The molecule has 6 nitrogen and oxygen atoms in total. The number of benzene rings is 1. The van der Waals surface area contributed by atoms with Crippen LogP contribution < -0.4 is 15.5 Å². The number of ether oxygens (including phenoxy) is 1. The molecule has 1 atom stereocenters. The molecule has 0 radical (unpaired) electrons. The number of carbonyl (C=O) groups excluding carboxylic acids is 2. The fraction of sp³-hybridized carbons (Fsp3) is 0.467. The third kappa shape index (κ3) is 3.52. The number of urea groups is 1. The average Bonchev–Trinajstić information content (AvgIpc) is 2.87. The van der Waals surface area contributed by atoms with Gasteiger partial charge >= 0.3 is 6.03 Å². The predicted octanol–water partition coefficient (Wildman–Crippen LogP) is 1.89. The third-order valence-electron chi connectivity index (χ3n) is 3.42. The molecule has 21 heavy (non-hydrogen) atoms. The van der Waals surface area contributed by atoms with E-state index in [0.29, 0.717) is 19.7 Å². The van der Waals surface area contributed by atoms with Crippen LogP contribution in [0.3, 0.4) is 0 Å². The van der Waals surface area contributed by atoms with Gasteiger partial charge in [0.25, 0.3) is 5.91 Å². The summed E-state index contributed by atoms with van der Waals surface area (Å²) in [7, 11) is 0. The first-order valence-corrected chi connectivity index (χ1v) is 7.11. The molecule has 1 aliphatic heterocycles. The monoisotopic (exact) mass is 291 g/mol. The van der Waals surface area contributed by atoms with Gasteiger partial charge in [0.2, 0.25) is 0 Å². The van der Waals surface area contributed by atoms with Gasteiger partial charge in [0, 0.05) is 31.1 Å². The summed E-state index contributed by atoms with van der Waals surface area (Å²) in [6.45, 7) is 7.28. The topological polar surface area (TPSA) is 70.7 Å². The molecular formula is C15H21N3O3. The molecule has 0 aliphatic carbocycles. The maximum atomic E-state index is 11.9. The Bertz CT molecular complexity index is 545. The van der Waals surface area contributed by atoms with Crippen LogP contribution in [0.1, 0.15) is 19.4 Å². The Balaban J connectivity index is 2.09. The van der Waals surface area contributed by atoms with Crippen LogP contribution in [0.5, 0.6) is 0 Å². The predicted molar refractivity (Wildman–Crippen MR) is 81.6 cm³/mol. The number of nitrogens with one attached hydrogen (secondary N) is 2. The fourth-order valence-electron chi connectivity index (χ4n) is 2.23. The van der Waals surface area contributed by atoms with Gasteiger partial charge in [0.05, 0.1) is 0 Å². The number of hydrogen-bond acceptors (Lipinski definition) is 3. The van der Waals surface area contributed by atoms with Crippen LogP contribution >= 0.6 is 0 Å². The Morgan fingerprint density at radius 1 is 1.52 bits per heavy atom. The van der Waals surface area contributed by atoms with Crippen LogP contribution in [0.25, 0.3) is 0 Å². The minimum Gasteiger partial charge on any atom is -0.369 e. The molecule has 114 valence electrons. The molecule has 1 aromatic rings. The van der Waals surface area contributed by atoms with Crippen LogP contribution in [-0.4, -0.2) is 37.7 Å². The molecule has 0 unspecified atom stereocenters. The molecule has 0 saturated carbocycles. The van der Waals surface area contributed by atoms with E-state index in [1.54, 1.807) is 11.8 Å². The number of nitrogens with zero attached hydrogens (tertiary/aromatic N) is 1. The van der Waals surface area contributed by atoms with E-state index >= 15 is 0 Å². The zero-order valence-electron chi connectivity index (χ0n) is 12.6. The minimum atomic E-state index is -0.488. The van der Waals surface area contributed by atoms with Crippen LogP contribution in [0.2, 0.25) is 0 Å². The number of amides is 3. The Hall–Kier alpha value is -2.08. The molecule has 1 aromatic carbocycles. The number of hydrogen-bond donors (Lipinski definition) is 2. The second-order valence-corrected chi connectivity index (χ2v) is 4.97. The smallest absolute Gasteiger partial charge is 0.321 e. The first-order valence-electron chi connectivity index (χ1n) is 7.11. The van der Waals surface area contributed by atoms with Crippen LogP contribution in [0.4, 0.5) is 16.2 Å². The lowest BCUT2D eigenvalue weighted by Crippen LogP contribution is -2.29. The van der Waals surface area contributed by atoms with Crippen molar-refractivity contribution in [2.24, 2.45) is 0 Å². The maximum absolute atomic E-state index is 11.9. The highest BCUT2D eigenvalue weighted by Gasteiger charge is 2.21. The summed E-state index contributed by atoms with van der Waals surface area (Å²) in [5.74, 6) is -0.174. The van der Waals surface area contributed by atoms with Gasteiger partial charge in [-0.25, -0.2) is 4.79 Å². The van der Waals surface area contributed by atoms with Crippen molar-refractivity contribution < 1.29 is 14.3 Å². The van der Waals surface area contributed by atoms with Gasteiger partial charge in [0.1, 0.15) is 6.10 Å². The standard InChI is InChI=1S/C15H21N3O3/c1-4-21-11(3)14(19)17-13-6-5-12(9-10(13)2)18-8-7-16-15(18)20/h5-6,9,11H,4,7-8H2,1-3H3,(H,16,20)(H,17,19)/t11-/m0/s1. The number of anilines is 2. The molecule has 6 heteroatoms. The van der Waals surface area contributed by atoms with Crippen molar-refractivity contribution in [2.75, 3.05) is 29.9 Å². The molecule has 0 bridgehead atoms. The van der Waals surface area contributed by atoms with E-state index in [4.69, 9.17) is 4.74 Å². The van der Waals surface area contributed by atoms with Gasteiger partial charge in [-0.3, -0.25) is 9.69 Å². The Morgan fingerprint density at radius 3 is 2.86 bits per heavy atom. The summed E-state index contributed by atoms with van der Waals surface area (Å²) in [6.07, 6.45) is -0.488. The molecule has 3 amide bonds. The molecule has 1 fully saturated rings. The number of carbonyl (C=O) groups is 2. The lowest BCUT2D eigenvalue weighted by atomic mass is 10.1.